The van der Waals surface area contributed by atoms with E-state index in [2.05, 4.69) is 100 Å². The number of amides is 1. The molecule has 344 valence electrons. The van der Waals surface area contributed by atoms with Gasteiger partial charge in [0.1, 0.15) is 6.10 Å². The average molecular weight is 852 g/mol. The molecule has 62 heavy (non-hydrogen) atoms. The molecule has 0 unspecified atom stereocenters. The van der Waals surface area contributed by atoms with Crippen LogP contribution in [0.1, 0.15) is 144 Å². The number of benzene rings is 1. The highest BCUT2D eigenvalue weighted by molar-refractivity contribution is 5.84. The minimum Gasteiger partial charge on any atom is -0.462 e. The Morgan fingerprint density at radius 1 is 0.661 bits per heavy atom. The van der Waals surface area contributed by atoms with E-state index in [1.165, 1.54) is 56.9 Å². The Labute approximate surface area is 376 Å². The number of fused-ring (bicyclic) bond motifs is 7. The molecule has 7 nitrogen and oxygen atoms in total. The van der Waals surface area contributed by atoms with Crippen LogP contribution in [0, 0.1) is 79.3 Å². The second-order valence-electron chi connectivity index (χ2n) is 25.5. The fraction of sp³-hybridized carbons (Fsp3) is 0.855. The number of hydrogen-bond donors (Lipinski definition) is 0. The molecular formula is C55H85N3O4. The Balaban J connectivity index is 0.833. The van der Waals surface area contributed by atoms with Crippen molar-refractivity contribution in [1.82, 2.24) is 14.7 Å². The van der Waals surface area contributed by atoms with Gasteiger partial charge in [-0.25, -0.2) is 0 Å². The lowest BCUT2D eigenvalue weighted by Crippen LogP contribution is -2.68. The van der Waals surface area contributed by atoms with Crippen molar-refractivity contribution in [2.45, 2.75) is 151 Å². The maximum absolute atomic E-state index is 15.4. The molecule has 9 aliphatic rings. The molecule has 0 aromatic heterocycles. The van der Waals surface area contributed by atoms with Crippen molar-refractivity contribution in [2.75, 3.05) is 65.6 Å². The molecule has 2 aliphatic heterocycles. The maximum Gasteiger partial charge on any atom is 0.309 e. The summed E-state index contributed by atoms with van der Waals surface area (Å²) >= 11 is 0. The lowest BCUT2D eigenvalue weighted by molar-refractivity contribution is -0.253. The largest absolute Gasteiger partial charge is 0.462 e. The summed E-state index contributed by atoms with van der Waals surface area (Å²) in [7, 11) is 0. The Hall–Kier alpha value is -1.96. The molecule has 0 spiro atoms. The number of esters is 1. The molecule has 10 rings (SSSR count). The summed E-state index contributed by atoms with van der Waals surface area (Å²) in [4.78, 5) is 37.0. The Morgan fingerprint density at radius 2 is 1.35 bits per heavy atom. The quantitative estimate of drug-likeness (QED) is 0.231. The first-order valence-electron chi connectivity index (χ1n) is 26.0. The van der Waals surface area contributed by atoms with Gasteiger partial charge in [0.2, 0.25) is 5.91 Å². The van der Waals surface area contributed by atoms with Crippen LogP contribution in [0.5, 0.6) is 0 Å². The summed E-state index contributed by atoms with van der Waals surface area (Å²) in [5.74, 6) is 4.18. The Morgan fingerprint density at radius 3 is 2.03 bits per heavy atom. The van der Waals surface area contributed by atoms with Crippen LogP contribution in [0.2, 0.25) is 0 Å². The zero-order valence-electron chi connectivity index (χ0n) is 40.5. The molecule has 0 bridgehead atoms. The van der Waals surface area contributed by atoms with Crippen LogP contribution < -0.4 is 0 Å². The molecule has 0 N–H and O–H groups in total. The lowest BCUT2D eigenvalue weighted by Gasteiger charge is -2.73. The van der Waals surface area contributed by atoms with Crippen molar-refractivity contribution in [2.24, 2.45) is 79.3 Å². The van der Waals surface area contributed by atoms with Gasteiger partial charge in [-0.3, -0.25) is 19.4 Å². The molecule has 7 saturated carbocycles. The zero-order chi connectivity index (χ0) is 43.5. The van der Waals surface area contributed by atoms with Crippen molar-refractivity contribution in [3.05, 3.63) is 35.9 Å². The normalized spacial score (nSPS) is 44.5. The summed E-state index contributed by atoms with van der Waals surface area (Å²) in [6.45, 7) is 30.2. The predicted octanol–water partition coefficient (Wildman–Crippen LogP) is 10.2. The minimum atomic E-state index is -0.165. The number of nitrogens with zero attached hydrogens (tertiary/aromatic N) is 3. The standard InChI is InChI=1S/C55H85N3O4/c1-49(2)39(36-38-12-10-9-11-13-38)37-42(49)47(59)62-45-18-19-52(6)43(50(45,3)4)17-20-54(8)44(52)15-14-41-46-40(51(5)22-23-51)16-21-55(46,25-24-53(41,54)7)48(60)58-30-28-56(29-31-58)26-27-57-32-34-61-35-33-57/h9-13,39-46H,14-37H2,1-8H3/t39-,40-,41-,42-,43+,44-,45+,46-,52+,53-,54-,55+/m1/s1. The highest BCUT2D eigenvalue weighted by Gasteiger charge is 2.74. The number of hydrogen-bond acceptors (Lipinski definition) is 6. The average Bonchev–Trinajstić information content (AvgIpc) is 3.88. The highest BCUT2D eigenvalue weighted by Crippen LogP contribution is 2.79. The summed E-state index contributed by atoms with van der Waals surface area (Å²) in [6, 6.07) is 10.8. The Kier molecular flexibility index (Phi) is 11.0. The van der Waals surface area contributed by atoms with Crippen molar-refractivity contribution < 1.29 is 19.1 Å². The van der Waals surface area contributed by atoms with Gasteiger partial charge < -0.3 is 14.4 Å². The monoisotopic (exact) mass is 852 g/mol. The lowest BCUT2D eigenvalue weighted by atomic mass is 9.32. The smallest absolute Gasteiger partial charge is 0.309 e. The van der Waals surface area contributed by atoms with E-state index in [-0.39, 0.29) is 50.5 Å². The van der Waals surface area contributed by atoms with Crippen LogP contribution >= 0.6 is 0 Å². The van der Waals surface area contributed by atoms with Gasteiger partial charge in [0, 0.05) is 57.8 Å². The van der Waals surface area contributed by atoms with Crippen molar-refractivity contribution in [3.8, 4) is 0 Å². The van der Waals surface area contributed by atoms with Crippen LogP contribution in [0.25, 0.3) is 0 Å². The predicted molar refractivity (Wildman–Crippen MR) is 247 cm³/mol. The van der Waals surface area contributed by atoms with Crippen LogP contribution in [0.3, 0.4) is 0 Å². The van der Waals surface area contributed by atoms with Gasteiger partial charge in [0.15, 0.2) is 0 Å². The third-order valence-corrected chi connectivity index (χ3v) is 22.6. The third-order valence-electron chi connectivity index (χ3n) is 22.6. The minimum absolute atomic E-state index is 0.0111. The molecule has 1 aromatic carbocycles. The van der Waals surface area contributed by atoms with Gasteiger partial charge in [-0.2, -0.15) is 0 Å². The Bertz CT molecular complexity index is 1830. The van der Waals surface area contributed by atoms with E-state index in [9.17, 15) is 4.79 Å². The molecule has 7 heteroatoms. The van der Waals surface area contributed by atoms with Crippen molar-refractivity contribution in [1.29, 1.82) is 0 Å². The van der Waals surface area contributed by atoms with Gasteiger partial charge in [0.25, 0.3) is 0 Å². The molecule has 12 atom stereocenters. The van der Waals surface area contributed by atoms with E-state index in [1.54, 1.807) is 0 Å². The molecule has 0 radical (unpaired) electrons. The highest BCUT2D eigenvalue weighted by atomic mass is 16.5. The van der Waals surface area contributed by atoms with E-state index in [0.29, 0.717) is 46.8 Å². The second kappa shape index (κ2) is 15.6. The summed E-state index contributed by atoms with van der Waals surface area (Å²) in [5, 5.41) is 0. The first kappa shape index (κ1) is 43.9. The fourth-order valence-corrected chi connectivity index (χ4v) is 18.0. The molecular weight excluding hydrogens is 767 g/mol. The van der Waals surface area contributed by atoms with Gasteiger partial charge in [0.05, 0.1) is 24.5 Å². The van der Waals surface area contributed by atoms with Crippen LogP contribution in [-0.4, -0.2) is 98.3 Å². The summed E-state index contributed by atoms with van der Waals surface area (Å²) < 4.78 is 12.3. The molecule has 7 aliphatic carbocycles. The first-order chi connectivity index (χ1) is 29.5. The van der Waals surface area contributed by atoms with Crippen LogP contribution in [-0.2, 0) is 25.5 Å². The van der Waals surface area contributed by atoms with E-state index >= 15 is 4.79 Å². The number of carbonyl (C=O) groups excluding carboxylic acids is 2. The van der Waals surface area contributed by atoms with E-state index in [1.807, 2.05) is 0 Å². The molecule has 2 saturated heterocycles. The van der Waals surface area contributed by atoms with Gasteiger partial charge in [-0.15, -0.1) is 0 Å². The van der Waals surface area contributed by atoms with E-state index in [4.69, 9.17) is 9.47 Å². The van der Waals surface area contributed by atoms with Crippen molar-refractivity contribution >= 4 is 11.9 Å². The summed E-state index contributed by atoms with van der Waals surface area (Å²) in [6.07, 6.45) is 16.6. The summed E-state index contributed by atoms with van der Waals surface area (Å²) in [5.41, 5.74) is 2.26. The number of rotatable bonds is 9. The van der Waals surface area contributed by atoms with Crippen LogP contribution in [0.15, 0.2) is 30.3 Å². The third kappa shape index (κ3) is 6.77. The van der Waals surface area contributed by atoms with E-state index < -0.39 is 0 Å². The SMILES string of the molecule is CC1([C@@H]2CC[C@]3(C(=O)N4CCN(CCN5CCOCC5)CC4)CC[C@]4(C)[C@H](CC[C@@H]5[C@@]6(C)CC[C@H](OC(=O)[C@H]7C[C@@H](Cc8ccccc8)C7(C)C)C(C)(C)[C@@H]6CC[C@]54C)[C@@H]23)CC1. The second-order valence-corrected chi connectivity index (χ2v) is 25.5. The molecule has 1 amide bonds. The first-order valence-corrected chi connectivity index (χ1v) is 26.0. The fourth-order valence-electron chi connectivity index (χ4n) is 18.0. The van der Waals surface area contributed by atoms with Crippen LogP contribution in [0.4, 0.5) is 0 Å². The molecule has 1 aromatic rings. The number of piperazine rings is 1. The molecule has 9 fully saturated rings. The zero-order valence-corrected chi connectivity index (χ0v) is 40.5. The topological polar surface area (TPSA) is 62.3 Å². The maximum atomic E-state index is 15.4. The van der Waals surface area contributed by atoms with E-state index in [0.717, 1.165) is 104 Å². The van der Waals surface area contributed by atoms with Gasteiger partial charge in [-0.1, -0.05) is 85.7 Å². The number of carbonyl (C=O) groups is 2. The number of ether oxygens (including phenoxy) is 2. The number of morpholine rings is 1. The molecule has 2 heterocycles. The van der Waals surface area contributed by atoms with Crippen molar-refractivity contribution in [3.63, 3.8) is 0 Å². The van der Waals surface area contributed by atoms with Gasteiger partial charge >= 0.3 is 5.97 Å². The van der Waals surface area contributed by atoms with Gasteiger partial charge in [-0.05, 0) is 158 Å².